The Labute approximate surface area is 103 Å². The number of hydrogen-bond donors (Lipinski definition) is 1. The highest BCUT2D eigenvalue weighted by Gasteiger charge is 2.11. The molecule has 0 saturated heterocycles. The maximum atomic E-state index is 4.44. The van der Waals surface area contributed by atoms with E-state index < -0.39 is 0 Å². The summed E-state index contributed by atoms with van der Waals surface area (Å²) >= 11 is 0. The summed E-state index contributed by atoms with van der Waals surface area (Å²) in [5.41, 5.74) is 3.69. The van der Waals surface area contributed by atoms with E-state index in [0.717, 1.165) is 12.1 Å². The summed E-state index contributed by atoms with van der Waals surface area (Å²) in [4.78, 5) is 4.44. The predicted molar refractivity (Wildman–Crippen MR) is 70.9 cm³/mol. The van der Waals surface area contributed by atoms with E-state index in [2.05, 4.69) is 47.6 Å². The summed E-state index contributed by atoms with van der Waals surface area (Å²) in [5, 5.41) is 3.33. The van der Waals surface area contributed by atoms with Gasteiger partial charge in [-0.2, -0.15) is 0 Å². The molecule has 0 amide bonds. The van der Waals surface area contributed by atoms with E-state index in [1.807, 2.05) is 25.4 Å². The van der Waals surface area contributed by atoms with Gasteiger partial charge in [-0.15, -0.1) is 0 Å². The highest BCUT2D eigenvalue weighted by atomic mass is 14.9. The monoisotopic (exact) mass is 226 g/mol. The van der Waals surface area contributed by atoms with Crippen LogP contribution in [0, 0.1) is 6.92 Å². The number of hydrogen-bond acceptors (Lipinski definition) is 2. The third-order valence-corrected chi connectivity index (χ3v) is 2.92. The number of rotatable bonds is 4. The zero-order valence-electron chi connectivity index (χ0n) is 10.4. The summed E-state index contributed by atoms with van der Waals surface area (Å²) in [6.45, 7) is 2.10. The molecule has 1 N–H and O–H groups in total. The van der Waals surface area contributed by atoms with E-state index in [1.54, 1.807) is 0 Å². The molecular weight excluding hydrogens is 208 g/mol. The molecule has 1 heterocycles. The zero-order chi connectivity index (χ0) is 12.1. The standard InChI is InChI=1S/C15H18N2/c1-12-8-9-17-15(10-12)14(16-2)11-13-6-4-3-5-7-13/h3-10,14,16H,11H2,1-2H3. The van der Waals surface area contributed by atoms with Gasteiger partial charge in [0.15, 0.2) is 0 Å². The molecule has 2 rings (SSSR count). The number of likely N-dealkylation sites (N-methyl/N-ethyl adjacent to an activating group) is 1. The second-order valence-electron chi connectivity index (χ2n) is 4.29. The first-order valence-electron chi connectivity index (χ1n) is 5.93. The lowest BCUT2D eigenvalue weighted by Gasteiger charge is -2.16. The molecule has 0 spiro atoms. The predicted octanol–water partition coefficient (Wildman–Crippen LogP) is 2.89. The topological polar surface area (TPSA) is 24.9 Å². The van der Waals surface area contributed by atoms with Gasteiger partial charge in [-0.3, -0.25) is 4.98 Å². The summed E-state index contributed by atoms with van der Waals surface area (Å²) in [7, 11) is 1.98. The van der Waals surface area contributed by atoms with Crippen LogP contribution in [0.4, 0.5) is 0 Å². The van der Waals surface area contributed by atoms with Crippen molar-refractivity contribution in [1.29, 1.82) is 0 Å². The van der Waals surface area contributed by atoms with E-state index >= 15 is 0 Å². The van der Waals surface area contributed by atoms with E-state index in [0.29, 0.717) is 0 Å². The van der Waals surface area contributed by atoms with Crippen LogP contribution in [-0.2, 0) is 6.42 Å². The van der Waals surface area contributed by atoms with Gasteiger partial charge in [0.2, 0.25) is 0 Å². The van der Waals surface area contributed by atoms with Crippen molar-refractivity contribution < 1.29 is 0 Å². The Hall–Kier alpha value is -1.67. The molecule has 1 aromatic heterocycles. The lowest BCUT2D eigenvalue weighted by molar-refractivity contribution is 0.575. The molecule has 17 heavy (non-hydrogen) atoms. The Bertz CT molecular complexity index is 465. The van der Waals surface area contributed by atoms with Crippen molar-refractivity contribution >= 4 is 0 Å². The average molecular weight is 226 g/mol. The highest BCUT2D eigenvalue weighted by Crippen LogP contribution is 2.16. The molecule has 0 bridgehead atoms. The summed E-state index contributed by atoms with van der Waals surface area (Å²) < 4.78 is 0. The molecule has 88 valence electrons. The first-order chi connectivity index (χ1) is 8.29. The summed E-state index contributed by atoms with van der Waals surface area (Å²) in [6, 6.07) is 14.9. The Morgan fingerprint density at radius 1 is 1.18 bits per heavy atom. The van der Waals surface area contributed by atoms with Crippen molar-refractivity contribution in [1.82, 2.24) is 10.3 Å². The third kappa shape index (κ3) is 3.14. The molecule has 2 heteroatoms. The third-order valence-electron chi connectivity index (χ3n) is 2.92. The SMILES string of the molecule is CNC(Cc1ccccc1)c1cc(C)ccn1. The highest BCUT2D eigenvalue weighted by molar-refractivity contribution is 5.22. The van der Waals surface area contributed by atoms with Crippen LogP contribution in [0.2, 0.25) is 0 Å². The minimum Gasteiger partial charge on any atom is -0.311 e. The lowest BCUT2D eigenvalue weighted by Crippen LogP contribution is -2.20. The van der Waals surface area contributed by atoms with Gasteiger partial charge < -0.3 is 5.32 Å². The molecule has 1 unspecified atom stereocenters. The van der Waals surface area contributed by atoms with E-state index in [4.69, 9.17) is 0 Å². The zero-order valence-corrected chi connectivity index (χ0v) is 10.4. The molecule has 1 aromatic carbocycles. The second kappa shape index (κ2) is 5.60. The number of aromatic nitrogens is 1. The molecule has 2 aromatic rings. The molecule has 0 aliphatic heterocycles. The van der Waals surface area contributed by atoms with Crippen LogP contribution in [0.1, 0.15) is 22.9 Å². The minimum absolute atomic E-state index is 0.275. The number of nitrogens with one attached hydrogen (secondary N) is 1. The number of benzene rings is 1. The lowest BCUT2D eigenvalue weighted by atomic mass is 10.0. The summed E-state index contributed by atoms with van der Waals surface area (Å²) in [6.07, 6.45) is 2.84. The van der Waals surface area contributed by atoms with E-state index in [1.165, 1.54) is 11.1 Å². The van der Waals surface area contributed by atoms with Crippen molar-refractivity contribution in [2.75, 3.05) is 7.05 Å². The Morgan fingerprint density at radius 3 is 2.59 bits per heavy atom. The van der Waals surface area contributed by atoms with Crippen LogP contribution in [0.5, 0.6) is 0 Å². The van der Waals surface area contributed by atoms with Gasteiger partial charge in [0.1, 0.15) is 0 Å². The van der Waals surface area contributed by atoms with Gasteiger partial charge in [0.05, 0.1) is 11.7 Å². The van der Waals surface area contributed by atoms with Crippen LogP contribution in [-0.4, -0.2) is 12.0 Å². The number of pyridine rings is 1. The van der Waals surface area contributed by atoms with Crippen molar-refractivity contribution in [2.24, 2.45) is 0 Å². The molecule has 1 atom stereocenters. The van der Waals surface area contributed by atoms with Crippen LogP contribution in [0.3, 0.4) is 0 Å². The fourth-order valence-corrected chi connectivity index (χ4v) is 1.95. The average Bonchev–Trinajstić information content (AvgIpc) is 2.37. The maximum absolute atomic E-state index is 4.44. The fourth-order valence-electron chi connectivity index (χ4n) is 1.95. The van der Waals surface area contributed by atoms with Gasteiger partial charge in [0, 0.05) is 6.20 Å². The van der Waals surface area contributed by atoms with Gasteiger partial charge in [-0.1, -0.05) is 30.3 Å². The minimum atomic E-state index is 0.275. The number of aryl methyl sites for hydroxylation is 1. The van der Waals surface area contributed by atoms with Gasteiger partial charge in [-0.05, 0) is 43.7 Å². The molecule has 2 nitrogen and oxygen atoms in total. The van der Waals surface area contributed by atoms with Crippen LogP contribution >= 0.6 is 0 Å². The summed E-state index contributed by atoms with van der Waals surface area (Å²) in [5.74, 6) is 0. The van der Waals surface area contributed by atoms with Crippen molar-refractivity contribution in [3.8, 4) is 0 Å². The first-order valence-corrected chi connectivity index (χ1v) is 5.93. The van der Waals surface area contributed by atoms with Crippen molar-refractivity contribution in [2.45, 2.75) is 19.4 Å². The van der Waals surface area contributed by atoms with Crippen molar-refractivity contribution in [3.05, 3.63) is 65.5 Å². The molecule has 0 saturated carbocycles. The van der Waals surface area contributed by atoms with Crippen LogP contribution in [0.25, 0.3) is 0 Å². The Morgan fingerprint density at radius 2 is 1.94 bits per heavy atom. The van der Waals surface area contributed by atoms with E-state index in [-0.39, 0.29) is 6.04 Å². The molecular formula is C15H18N2. The second-order valence-corrected chi connectivity index (χ2v) is 4.29. The van der Waals surface area contributed by atoms with Gasteiger partial charge in [-0.25, -0.2) is 0 Å². The molecule has 0 aliphatic rings. The Kier molecular flexibility index (Phi) is 3.89. The first kappa shape index (κ1) is 11.8. The van der Waals surface area contributed by atoms with Crippen LogP contribution < -0.4 is 5.32 Å². The van der Waals surface area contributed by atoms with E-state index in [9.17, 15) is 0 Å². The number of nitrogens with zero attached hydrogens (tertiary/aromatic N) is 1. The normalized spacial score (nSPS) is 12.4. The molecule has 0 radical (unpaired) electrons. The largest absolute Gasteiger partial charge is 0.311 e. The van der Waals surface area contributed by atoms with Crippen molar-refractivity contribution in [3.63, 3.8) is 0 Å². The molecule has 0 aliphatic carbocycles. The Balaban J connectivity index is 2.17. The molecule has 0 fully saturated rings. The maximum Gasteiger partial charge on any atom is 0.0579 e. The smallest absolute Gasteiger partial charge is 0.0579 e. The van der Waals surface area contributed by atoms with Gasteiger partial charge in [0.25, 0.3) is 0 Å². The fraction of sp³-hybridized carbons (Fsp3) is 0.267. The quantitative estimate of drug-likeness (QED) is 0.867. The van der Waals surface area contributed by atoms with Gasteiger partial charge >= 0.3 is 0 Å². The van der Waals surface area contributed by atoms with Crippen LogP contribution in [0.15, 0.2) is 48.7 Å².